The van der Waals surface area contributed by atoms with Crippen LogP contribution in [0.25, 0.3) is 10.9 Å². The Bertz CT molecular complexity index is 470. The minimum Gasteiger partial charge on any atom is -0.361 e. The molecule has 1 aromatic carbocycles. The van der Waals surface area contributed by atoms with Gasteiger partial charge in [-0.2, -0.15) is 0 Å². The third kappa shape index (κ3) is 3.10. The lowest BCUT2D eigenvalue weighted by molar-refractivity contribution is 0.477. The first-order valence-electron chi connectivity index (χ1n) is 6.45. The van der Waals surface area contributed by atoms with Gasteiger partial charge in [0.1, 0.15) is 0 Å². The summed E-state index contributed by atoms with van der Waals surface area (Å²) in [6.07, 6.45) is 3.15. The molecule has 0 spiro atoms. The predicted molar refractivity (Wildman–Crippen MR) is 74.3 cm³/mol. The third-order valence-electron chi connectivity index (χ3n) is 3.13. The Morgan fingerprint density at radius 2 is 2.00 bits per heavy atom. The molecule has 1 atom stereocenters. The maximum atomic E-state index is 3.50. The average Bonchev–Trinajstić information content (AvgIpc) is 2.75. The zero-order valence-electron chi connectivity index (χ0n) is 11.0. The first kappa shape index (κ1) is 12.2. The van der Waals surface area contributed by atoms with E-state index in [2.05, 4.69) is 55.3 Å². The van der Waals surface area contributed by atoms with E-state index in [0.29, 0.717) is 12.0 Å². The molecule has 0 fully saturated rings. The maximum absolute atomic E-state index is 3.50. The summed E-state index contributed by atoms with van der Waals surface area (Å²) in [5.74, 6) is 0.665. The first-order chi connectivity index (χ1) is 8.16. The summed E-state index contributed by atoms with van der Waals surface area (Å²) in [5, 5.41) is 4.86. The first-order valence-corrected chi connectivity index (χ1v) is 6.45. The Morgan fingerprint density at radius 3 is 2.76 bits per heavy atom. The van der Waals surface area contributed by atoms with Gasteiger partial charge >= 0.3 is 0 Å². The number of hydrogen-bond donors (Lipinski definition) is 2. The zero-order valence-corrected chi connectivity index (χ0v) is 11.0. The van der Waals surface area contributed by atoms with E-state index >= 15 is 0 Å². The second kappa shape index (κ2) is 5.37. The maximum Gasteiger partial charge on any atom is 0.0456 e. The molecule has 1 unspecified atom stereocenters. The highest BCUT2D eigenvalue weighted by atomic mass is 14.9. The van der Waals surface area contributed by atoms with Crippen molar-refractivity contribution in [1.82, 2.24) is 10.3 Å². The van der Waals surface area contributed by atoms with Crippen LogP contribution in [0.2, 0.25) is 0 Å². The Morgan fingerprint density at radius 1 is 1.18 bits per heavy atom. The minimum absolute atomic E-state index is 0.570. The van der Waals surface area contributed by atoms with E-state index in [9.17, 15) is 0 Å². The molecule has 0 aliphatic rings. The summed E-state index contributed by atoms with van der Waals surface area (Å²) >= 11 is 0. The van der Waals surface area contributed by atoms with E-state index in [1.54, 1.807) is 0 Å². The number of nitrogens with one attached hydrogen (secondary N) is 2. The van der Waals surface area contributed by atoms with E-state index < -0.39 is 0 Å². The third-order valence-corrected chi connectivity index (χ3v) is 3.13. The molecule has 0 radical (unpaired) electrons. The SMILES string of the molecule is CC(CNC(C)C)Cc1cccc2[nH]ccc12. The van der Waals surface area contributed by atoms with Gasteiger partial charge in [-0.1, -0.05) is 32.9 Å². The molecule has 1 aromatic heterocycles. The van der Waals surface area contributed by atoms with E-state index in [1.165, 1.54) is 16.5 Å². The number of rotatable bonds is 5. The average molecular weight is 230 g/mol. The lowest BCUT2D eigenvalue weighted by Crippen LogP contribution is -2.28. The van der Waals surface area contributed by atoms with Crippen LogP contribution in [0.4, 0.5) is 0 Å². The van der Waals surface area contributed by atoms with Gasteiger partial charge < -0.3 is 10.3 Å². The molecule has 17 heavy (non-hydrogen) atoms. The fraction of sp³-hybridized carbons (Fsp3) is 0.467. The van der Waals surface area contributed by atoms with E-state index in [0.717, 1.165) is 13.0 Å². The normalized spacial score (nSPS) is 13.4. The van der Waals surface area contributed by atoms with Crippen LogP contribution in [-0.2, 0) is 6.42 Å². The van der Waals surface area contributed by atoms with Crippen LogP contribution < -0.4 is 5.32 Å². The fourth-order valence-electron chi connectivity index (χ4n) is 2.21. The van der Waals surface area contributed by atoms with Gasteiger partial charge in [-0.15, -0.1) is 0 Å². The smallest absolute Gasteiger partial charge is 0.0456 e. The number of aromatic nitrogens is 1. The molecule has 92 valence electrons. The summed E-state index contributed by atoms with van der Waals surface area (Å²) < 4.78 is 0. The molecule has 2 aromatic rings. The summed E-state index contributed by atoms with van der Waals surface area (Å²) in [7, 11) is 0. The Hall–Kier alpha value is -1.28. The number of H-pyrrole nitrogens is 1. The van der Waals surface area contributed by atoms with Gasteiger partial charge in [0, 0.05) is 23.1 Å². The van der Waals surface area contributed by atoms with Gasteiger partial charge in [0.25, 0.3) is 0 Å². The van der Waals surface area contributed by atoms with Crippen LogP contribution in [0.15, 0.2) is 30.5 Å². The summed E-state index contributed by atoms with van der Waals surface area (Å²) in [6.45, 7) is 7.78. The standard InChI is InChI=1S/C15H22N2/c1-11(2)17-10-12(3)9-13-5-4-6-15-14(13)7-8-16-15/h4-8,11-12,16-17H,9-10H2,1-3H3. The molecule has 0 aliphatic carbocycles. The topological polar surface area (TPSA) is 27.8 Å². The van der Waals surface area contributed by atoms with Gasteiger partial charge in [-0.25, -0.2) is 0 Å². The van der Waals surface area contributed by atoms with Crippen molar-refractivity contribution >= 4 is 10.9 Å². The van der Waals surface area contributed by atoms with Crippen molar-refractivity contribution in [1.29, 1.82) is 0 Å². The van der Waals surface area contributed by atoms with Crippen molar-refractivity contribution in [2.45, 2.75) is 33.2 Å². The highest BCUT2D eigenvalue weighted by molar-refractivity contribution is 5.82. The molecule has 1 heterocycles. The molecule has 2 nitrogen and oxygen atoms in total. The van der Waals surface area contributed by atoms with Crippen molar-refractivity contribution in [2.24, 2.45) is 5.92 Å². The van der Waals surface area contributed by atoms with Crippen LogP contribution in [0.3, 0.4) is 0 Å². The van der Waals surface area contributed by atoms with E-state index in [4.69, 9.17) is 0 Å². The number of benzene rings is 1. The van der Waals surface area contributed by atoms with Gasteiger partial charge in [0.2, 0.25) is 0 Å². The van der Waals surface area contributed by atoms with Crippen LogP contribution in [0.1, 0.15) is 26.3 Å². The molecule has 0 bridgehead atoms. The lowest BCUT2D eigenvalue weighted by atomic mass is 9.98. The van der Waals surface area contributed by atoms with Crippen molar-refractivity contribution < 1.29 is 0 Å². The number of aromatic amines is 1. The summed E-state index contributed by atoms with van der Waals surface area (Å²) in [4.78, 5) is 3.27. The second-order valence-corrected chi connectivity index (χ2v) is 5.23. The molecule has 0 aliphatic heterocycles. The predicted octanol–water partition coefficient (Wildman–Crippen LogP) is 3.34. The van der Waals surface area contributed by atoms with Crippen molar-refractivity contribution in [3.8, 4) is 0 Å². The molecule has 2 N–H and O–H groups in total. The van der Waals surface area contributed by atoms with Gasteiger partial charge in [-0.05, 0) is 36.6 Å². The zero-order chi connectivity index (χ0) is 12.3. The molecule has 0 amide bonds. The minimum atomic E-state index is 0.570. The van der Waals surface area contributed by atoms with Crippen LogP contribution in [-0.4, -0.2) is 17.6 Å². The Kier molecular flexibility index (Phi) is 3.85. The summed E-state index contributed by atoms with van der Waals surface area (Å²) in [6, 6.07) is 9.25. The lowest BCUT2D eigenvalue weighted by Gasteiger charge is -2.15. The fourth-order valence-corrected chi connectivity index (χ4v) is 2.21. The highest BCUT2D eigenvalue weighted by Crippen LogP contribution is 2.20. The van der Waals surface area contributed by atoms with Crippen LogP contribution in [0.5, 0.6) is 0 Å². The molecular weight excluding hydrogens is 208 g/mol. The van der Waals surface area contributed by atoms with Gasteiger partial charge in [-0.3, -0.25) is 0 Å². The Balaban J connectivity index is 2.05. The second-order valence-electron chi connectivity index (χ2n) is 5.23. The number of fused-ring (bicyclic) bond motifs is 1. The van der Waals surface area contributed by atoms with Crippen LogP contribution in [0, 0.1) is 5.92 Å². The van der Waals surface area contributed by atoms with E-state index in [-0.39, 0.29) is 0 Å². The van der Waals surface area contributed by atoms with Crippen molar-refractivity contribution in [2.75, 3.05) is 6.54 Å². The molecule has 2 heteroatoms. The number of hydrogen-bond acceptors (Lipinski definition) is 1. The quantitative estimate of drug-likeness (QED) is 0.810. The molecule has 2 rings (SSSR count). The largest absolute Gasteiger partial charge is 0.361 e. The molecule has 0 saturated heterocycles. The monoisotopic (exact) mass is 230 g/mol. The van der Waals surface area contributed by atoms with E-state index in [1.807, 2.05) is 6.20 Å². The summed E-state index contributed by atoms with van der Waals surface area (Å²) in [5.41, 5.74) is 2.69. The molecular formula is C15H22N2. The Labute approximate surface area is 103 Å². The van der Waals surface area contributed by atoms with Gasteiger partial charge in [0.05, 0.1) is 0 Å². The van der Waals surface area contributed by atoms with Gasteiger partial charge in [0.15, 0.2) is 0 Å². The van der Waals surface area contributed by atoms with Crippen molar-refractivity contribution in [3.05, 3.63) is 36.0 Å². The van der Waals surface area contributed by atoms with Crippen molar-refractivity contribution in [3.63, 3.8) is 0 Å². The molecule has 0 saturated carbocycles. The van der Waals surface area contributed by atoms with Crippen LogP contribution >= 0.6 is 0 Å². The highest BCUT2D eigenvalue weighted by Gasteiger charge is 2.07.